The van der Waals surface area contributed by atoms with E-state index in [9.17, 15) is 4.79 Å². The Hall–Kier alpha value is -1.88. The van der Waals surface area contributed by atoms with Gasteiger partial charge in [-0.15, -0.1) is 0 Å². The lowest BCUT2D eigenvalue weighted by atomic mass is 9.87. The van der Waals surface area contributed by atoms with Crippen molar-refractivity contribution in [3.05, 3.63) is 35.4 Å². The Labute approximate surface area is 156 Å². The molecule has 1 aromatic carbocycles. The zero-order valence-electron chi connectivity index (χ0n) is 15.7. The van der Waals surface area contributed by atoms with Crippen molar-refractivity contribution in [2.75, 3.05) is 13.1 Å². The molecule has 2 aliphatic rings. The third-order valence-corrected chi connectivity index (χ3v) is 5.95. The van der Waals surface area contributed by atoms with Gasteiger partial charge in [-0.05, 0) is 43.8 Å². The Morgan fingerprint density at radius 1 is 1.12 bits per heavy atom. The number of nitrogens with one attached hydrogen (secondary N) is 2. The average Bonchev–Trinajstić information content (AvgIpc) is 3.14. The number of carbonyl (C=O) groups excluding carboxylic acids is 1. The number of hydrogen-bond acceptors (Lipinski definition) is 3. The van der Waals surface area contributed by atoms with Gasteiger partial charge in [0.15, 0.2) is 0 Å². The van der Waals surface area contributed by atoms with E-state index < -0.39 is 0 Å². The highest BCUT2D eigenvalue weighted by Gasteiger charge is 2.30. The monoisotopic (exact) mass is 356 g/mol. The van der Waals surface area contributed by atoms with Crippen LogP contribution in [0.5, 0.6) is 0 Å². The smallest absolute Gasteiger partial charge is 0.237 e. The first-order valence-electron chi connectivity index (χ1n) is 10.1. The Morgan fingerprint density at radius 2 is 1.85 bits per heavy atom. The summed E-state index contributed by atoms with van der Waals surface area (Å²) in [6.45, 7) is 2.65. The average molecular weight is 357 g/mol. The molecule has 2 fully saturated rings. The topological polar surface area (TPSA) is 82.2 Å². The van der Waals surface area contributed by atoms with Crippen LogP contribution in [0.3, 0.4) is 0 Å². The van der Waals surface area contributed by atoms with Gasteiger partial charge in [-0.2, -0.15) is 0 Å². The first-order chi connectivity index (χ1) is 12.6. The van der Waals surface area contributed by atoms with E-state index in [2.05, 4.69) is 10.2 Å². The highest BCUT2D eigenvalue weighted by Crippen LogP contribution is 2.28. The Kier molecular flexibility index (Phi) is 6.67. The number of nitrogens with two attached hydrogens (primary N) is 1. The minimum atomic E-state index is 0.0371. The molecule has 5 heteroatoms. The number of carbonyl (C=O) groups is 1. The van der Waals surface area contributed by atoms with Crippen molar-refractivity contribution < 1.29 is 4.79 Å². The van der Waals surface area contributed by atoms with Gasteiger partial charge in [0.2, 0.25) is 5.91 Å². The largest absolute Gasteiger partial charge is 0.384 e. The number of nitrogen functional groups attached to an aromatic ring is 1. The fourth-order valence-corrected chi connectivity index (χ4v) is 4.32. The van der Waals surface area contributed by atoms with Gasteiger partial charge in [-0.1, -0.05) is 56.4 Å². The quantitative estimate of drug-likeness (QED) is 0.519. The van der Waals surface area contributed by atoms with Crippen molar-refractivity contribution in [2.45, 2.75) is 64.0 Å². The number of hydrogen-bond donors (Lipinski definition) is 3. The van der Waals surface area contributed by atoms with Crippen LogP contribution in [0.15, 0.2) is 24.3 Å². The molecule has 0 radical (unpaired) electrons. The van der Waals surface area contributed by atoms with E-state index in [-0.39, 0.29) is 17.8 Å². The molecule has 4 N–H and O–H groups in total. The van der Waals surface area contributed by atoms with Gasteiger partial charge in [0.05, 0.1) is 6.04 Å². The fraction of sp³-hybridized carbons (Fsp3) is 0.619. The van der Waals surface area contributed by atoms with Crippen LogP contribution in [-0.4, -0.2) is 35.8 Å². The molecule has 1 aliphatic heterocycles. The summed E-state index contributed by atoms with van der Waals surface area (Å²) in [6, 6.07) is 7.54. The van der Waals surface area contributed by atoms with Crippen molar-refractivity contribution in [1.29, 1.82) is 5.41 Å². The van der Waals surface area contributed by atoms with Crippen LogP contribution in [-0.2, 0) is 11.3 Å². The zero-order chi connectivity index (χ0) is 18.4. The summed E-state index contributed by atoms with van der Waals surface area (Å²) in [5.74, 6) is 1.09. The SMILES string of the molecule is N=C(N)c1ccc(CNC(=O)[C@@H]2CCCN2CCC2CCCCC2)cc1. The van der Waals surface area contributed by atoms with E-state index in [0.29, 0.717) is 12.1 Å². The molecule has 0 aromatic heterocycles. The summed E-state index contributed by atoms with van der Waals surface area (Å²) < 4.78 is 0. The molecule has 1 aliphatic carbocycles. The summed E-state index contributed by atoms with van der Waals surface area (Å²) in [5, 5.41) is 10.5. The normalized spacial score (nSPS) is 21.6. The van der Waals surface area contributed by atoms with E-state index in [0.717, 1.165) is 37.4 Å². The Morgan fingerprint density at radius 3 is 2.54 bits per heavy atom. The van der Waals surface area contributed by atoms with Crippen LogP contribution < -0.4 is 11.1 Å². The lowest BCUT2D eigenvalue weighted by molar-refractivity contribution is -0.125. The van der Waals surface area contributed by atoms with Crippen molar-refractivity contribution in [1.82, 2.24) is 10.2 Å². The first-order valence-corrected chi connectivity index (χ1v) is 10.1. The third-order valence-electron chi connectivity index (χ3n) is 5.95. The number of nitrogens with zero attached hydrogens (tertiary/aromatic N) is 1. The maximum absolute atomic E-state index is 12.6. The number of benzene rings is 1. The molecule has 1 atom stereocenters. The van der Waals surface area contributed by atoms with Crippen LogP contribution >= 0.6 is 0 Å². The molecule has 0 spiro atoms. The lowest BCUT2D eigenvalue weighted by Gasteiger charge is -2.27. The van der Waals surface area contributed by atoms with Gasteiger partial charge in [0.1, 0.15) is 5.84 Å². The molecule has 1 saturated carbocycles. The van der Waals surface area contributed by atoms with Crippen molar-refractivity contribution in [3.8, 4) is 0 Å². The summed E-state index contributed by atoms with van der Waals surface area (Å²) in [4.78, 5) is 15.0. The molecule has 1 amide bonds. The predicted molar refractivity (Wildman–Crippen MR) is 105 cm³/mol. The number of amidine groups is 1. The van der Waals surface area contributed by atoms with Gasteiger partial charge in [-0.25, -0.2) is 0 Å². The van der Waals surface area contributed by atoms with Crippen LogP contribution in [0.4, 0.5) is 0 Å². The van der Waals surface area contributed by atoms with Gasteiger partial charge < -0.3 is 11.1 Å². The van der Waals surface area contributed by atoms with Gasteiger partial charge in [0.25, 0.3) is 0 Å². The number of rotatable bonds is 7. The first kappa shape index (κ1) is 18.9. The second kappa shape index (κ2) is 9.17. The minimum absolute atomic E-state index is 0.0371. The molecule has 142 valence electrons. The fourth-order valence-electron chi connectivity index (χ4n) is 4.32. The second-order valence-electron chi connectivity index (χ2n) is 7.82. The van der Waals surface area contributed by atoms with E-state index in [1.54, 1.807) is 0 Å². The molecule has 0 unspecified atom stereocenters. The summed E-state index contributed by atoms with van der Waals surface area (Å²) in [7, 11) is 0. The van der Waals surface area contributed by atoms with Crippen molar-refractivity contribution in [2.24, 2.45) is 11.7 Å². The molecule has 1 heterocycles. The summed E-state index contributed by atoms with van der Waals surface area (Å²) >= 11 is 0. The standard InChI is InChI=1S/C21H32N4O/c22-20(23)18-10-8-17(9-11-18)15-24-21(26)19-7-4-13-25(19)14-12-16-5-2-1-3-6-16/h8-11,16,19H,1-7,12-15H2,(H3,22,23)(H,24,26)/t19-/m0/s1. The molecule has 0 bridgehead atoms. The van der Waals surface area contributed by atoms with Crippen LogP contribution in [0.25, 0.3) is 0 Å². The highest BCUT2D eigenvalue weighted by molar-refractivity contribution is 5.94. The van der Waals surface area contributed by atoms with E-state index in [4.69, 9.17) is 11.1 Å². The molecular weight excluding hydrogens is 324 g/mol. The van der Waals surface area contributed by atoms with Crippen molar-refractivity contribution >= 4 is 11.7 Å². The molecule has 1 aromatic rings. The molecular formula is C21H32N4O. The van der Waals surface area contributed by atoms with Crippen molar-refractivity contribution in [3.63, 3.8) is 0 Å². The van der Waals surface area contributed by atoms with Crippen LogP contribution in [0.1, 0.15) is 62.5 Å². The minimum Gasteiger partial charge on any atom is -0.384 e. The number of amides is 1. The van der Waals surface area contributed by atoms with Gasteiger partial charge in [0, 0.05) is 12.1 Å². The maximum Gasteiger partial charge on any atom is 0.237 e. The summed E-state index contributed by atoms with van der Waals surface area (Å²) in [6.07, 6.45) is 10.3. The zero-order valence-corrected chi connectivity index (χ0v) is 15.7. The molecule has 1 saturated heterocycles. The summed E-state index contributed by atoms with van der Waals surface area (Å²) in [5.41, 5.74) is 7.22. The van der Waals surface area contributed by atoms with Gasteiger partial charge >= 0.3 is 0 Å². The van der Waals surface area contributed by atoms with Gasteiger partial charge in [-0.3, -0.25) is 15.1 Å². The molecule has 26 heavy (non-hydrogen) atoms. The van der Waals surface area contributed by atoms with E-state index in [1.165, 1.54) is 38.5 Å². The molecule has 3 rings (SSSR count). The molecule has 5 nitrogen and oxygen atoms in total. The highest BCUT2D eigenvalue weighted by atomic mass is 16.2. The maximum atomic E-state index is 12.6. The lowest BCUT2D eigenvalue weighted by Crippen LogP contribution is -2.43. The Balaban J connectivity index is 1.45. The van der Waals surface area contributed by atoms with Crippen LogP contribution in [0.2, 0.25) is 0 Å². The third kappa shape index (κ3) is 5.07. The Bertz CT molecular complexity index is 607. The number of likely N-dealkylation sites (tertiary alicyclic amines) is 1. The second-order valence-corrected chi connectivity index (χ2v) is 7.82. The van der Waals surface area contributed by atoms with E-state index >= 15 is 0 Å². The van der Waals surface area contributed by atoms with E-state index in [1.807, 2.05) is 24.3 Å². The predicted octanol–water partition coefficient (Wildman–Crippen LogP) is 3.02. The van der Waals surface area contributed by atoms with Crippen LogP contribution in [0, 0.1) is 11.3 Å².